The average molecular weight is 1720 g/mol. The first kappa shape index (κ1) is 98.0. The summed E-state index contributed by atoms with van der Waals surface area (Å²) < 4.78 is 114. The fourth-order valence-electron chi connectivity index (χ4n) is 11.4. The molecule has 42 heteroatoms. The van der Waals surface area contributed by atoms with Gasteiger partial charge in [0.1, 0.15) is 30.2 Å². The monoisotopic (exact) mass is 1720 g/mol. The van der Waals surface area contributed by atoms with Crippen molar-refractivity contribution in [1.82, 2.24) is 65.1 Å². The number of carboxylic acid groups (broad SMARTS) is 1. The van der Waals surface area contributed by atoms with Gasteiger partial charge in [0.05, 0.1) is 68.1 Å². The highest BCUT2D eigenvalue weighted by molar-refractivity contribution is 9.10. The van der Waals surface area contributed by atoms with E-state index in [1.807, 2.05) is 0 Å². The molecule has 0 radical (unpaired) electrons. The summed E-state index contributed by atoms with van der Waals surface area (Å²) in [6.45, 7) is 4.37. The number of hydrogen-bond acceptors (Lipinski definition) is 22. The van der Waals surface area contributed by atoms with Gasteiger partial charge in [0.25, 0.3) is 0 Å². The van der Waals surface area contributed by atoms with E-state index in [4.69, 9.17) is 11.5 Å². The number of amides is 10. The molecular formula is C70H110BrN15O22S4. The number of nitrogens with one attached hydrogen (secondary N) is 9. The number of rotatable bonds is 52. The highest BCUT2D eigenvalue weighted by Crippen LogP contribution is 2.22. The first-order valence-corrected chi connectivity index (χ1v) is 43.6. The Balaban J connectivity index is 2.03. The van der Waals surface area contributed by atoms with Crippen molar-refractivity contribution in [3.8, 4) is 0 Å². The number of sulfonamides is 4. The van der Waals surface area contributed by atoms with E-state index in [2.05, 4.69) is 63.8 Å². The van der Waals surface area contributed by atoms with Crippen LogP contribution in [0.5, 0.6) is 0 Å². The number of hydrogen-bond donors (Lipinski definition) is 14. The summed E-state index contributed by atoms with van der Waals surface area (Å²) in [5.74, 6) is -12.4. The van der Waals surface area contributed by atoms with Crippen LogP contribution in [0.2, 0.25) is 0 Å². The minimum absolute atomic E-state index is 0.0376. The maximum Gasteiger partial charge on any atom is 0.303 e. The predicted octanol–water partition coefficient (Wildman–Crippen LogP) is -2.94. The van der Waals surface area contributed by atoms with Gasteiger partial charge in [0, 0.05) is 62.1 Å². The summed E-state index contributed by atoms with van der Waals surface area (Å²) in [4.78, 5) is 148. The van der Waals surface area contributed by atoms with Gasteiger partial charge >= 0.3 is 5.97 Å². The van der Waals surface area contributed by atoms with Gasteiger partial charge in [-0.25, -0.2) is 33.7 Å². The van der Waals surface area contributed by atoms with Crippen molar-refractivity contribution in [2.45, 2.75) is 172 Å². The summed E-state index contributed by atoms with van der Waals surface area (Å²) in [7, 11) is -17.8. The molecule has 112 heavy (non-hydrogen) atoms. The third kappa shape index (κ3) is 36.3. The van der Waals surface area contributed by atoms with Crippen molar-refractivity contribution < 1.29 is 102 Å². The molecule has 0 spiro atoms. The normalized spacial score (nSPS) is 14.8. The number of nitrogens with two attached hydrogens (primary N) is 2. The molecule has 10 amide bonds. The van der Waals surface area contributed by atoms with Gasteiger partial charge in [-0.3, -0.25) is 52.7 Å². The summed E-state index contributed by atoms with van der Waals surface area (Å²) >= 11 is 3.28. The number of aliphatic hydroxyl groups is 2. The molecule has 0 bridgehead atoms. The third-order valence-electron chi connectivity index (χ3n) is 16.9. The van der Waals surface area contributed by atoms with Crippen LogP contribution in [0.25, 0.3) is 0 Å². The van der Waals surface area contributed by atoms with Crippen LogP contribution in [0.4, 0.5) is 0 Å². The number of carbonyl (C=O) groups excluding carboxylic acids is 10. The molecule has 0 heterocycles. The van der Waals surface area contributed by atoms with Crippen molar-refractivity contribution in [3.63, 3.8) is 0 Å². The standard InChI is InChI=1S/C70H110BrN15O22S4/c1-44(2)31-59(69(99)80-56(42-87)37-84(110(10,103)104)38-60(90)74-46(5)66(73)96)82-63(93)40-85(111(105,106)43-45(3)4)34-53(23-17-18-30-72)77-67(97)47(6)75-61(91)41-86(112(107,108)57-26-24-52(71)25-27-57)36-55(33-51-21-15-12-16-22-51)78-68(98)58(28-29-64(94)95)81-62(92)39-83(109(9,101)102)35-54(32-50-19-13-11-14-20-50)79-70(100)65(48(7)88)76-49(8)89/h11-16,19-22,24-27,44-48,53-56,58-59,65,87-88H,17-18,23,28-43,72H2,1-10H3,(H2,73,96)(H,74,90)(H,75,91)(H,76,89)(H,77,97)(H,78,98)(H,79,100)(H,80,99)(H,81,92)(H,82,93)(H,94,95)/t46-,47-,48-,53-,54-,55-,56+,58-,59-,65?/m0/s1. The SMILES string of the molecule is CC(=O)NC(C(=O)N[C@@H](Cc1ccccc1)CN(CC(=O)N[C@@H](CCC(=O)O)C(=O)N[C@@H](Cc1ccccc1)CN(CC(=O)N[C@@H](C)C(=O)N[C@@H](CCCCN)CN(CC(=O)N[C@@H](CC(C)C)C(=O)N[C@@H](CO)CN(CC(=O)N[C@@H](C)C(N)=O)S(C)(=O)=O)S(=O)(=O)CC(C)C)S(=O)(=O)c1ccc(Br)cc1)S(C)(=O)=O)[C@H](C)O. The summed E-state index contributed by atoms with van der Waals surface area (Å²) in [6.07, 6.45) is -0.845. The van der Waals surface area contributed by atoms with Gasteiger partial charge in [-0.05, 0) is 113 Å². The van der Waals surface area contributed by atoms with Crippen LogP contribution in [0, 0.1) is 11.8 Å². The lowest BCUT2D eigenvalue weighted by molar-refractivity contribution is -0.138. The lowest BCUT2D eigenvalue weighted by Crippen LogP contribution is -2.58. The number of aliphatic hydroxyl groups excluding tert-OH is 2. The van der Waals surface area contributed by atoms with Crippen molar-refractivity contribution >= 4 is 121 Å². The summed E-state index contributed by atoms with van der Waals surface area (Å²) in [6, 6.07) is 9.49. The van der Waals surface area contributed by atoms with Gasteiger partial charge in [-0.2, -0.15) is 17.2 Å². The molecule has 0 aromatic heterocycles. The van der Waals surface area contributed by atoms with Crippen LogP contribution >= 0.6 is 15.9 Å². The van der Waals surface area contributed by atoms with Gasteiger partial charge in [-0.15, -0.1) is 0 Å². The van der Waals surface area contributed by atoms with E-state index in [1.165, 1.54) is 45.0 Å². The Morgan fingerprint density at radius 3 is 1.38 bits per heavy atom. The van der Waals surface area contributed by atoms with Crippen molar-refractivity contribution in [3.05, 3.63) is 101 Å². The molecule has 37 nitrogen and oxygen atoms in total. The highest BCUT2D eigenvalue weighted by Gasteiger charge is 2.38. The van der Waals surface area contributed by atoms with Crippen molar-refractivity contribution in [1.29, 1.82) is 0 Å². The molecule has 10 atom stereocenters. The lowest BCUT2D eigenvalue weighted by Gasteiger charge is -2.31. The maximum atomic E-state index is 14.9. The van der Waals surface area contributed by atoms with Crippen molar-refractivity contribution in [2.75, 3.05) is 83.8 Å². The summed E-state index contributed by atoms with van der Waals surface area (Å²) in [5, 5.41) is 53.2. The lowest BCUT2D eigenvalue weighted by atomic mass is 10.0. The number of aliphatic carboxylic acids is 1. The Hall–Kier alpha value is -8.17. The zero-order valence-corrected chi connectivity index (χ0v) is 69.4. The van der Waals surface area contributed by atoms with Gasteiger partial charge in [0.2, 0.25) is 99.2 Å². The van der Waals surface area contributed by atoms with Crippen molar-refractivity contribution in [2.24, 2.45) is 23.3 Å². The molecule has 0 aliphatic rings. The van der Waals surface area contributed by atoms with E-state index in [0.717, 1.165) is 23.7 Å². The summed E-state index contributed by atoms with van der Waals surface area (Å²) in [5.41, 5.74) is 12.2. The quantitative estimate of drug-likeness (QED) is 0.0251. The molecule has 0 saturated carbocycles. The Bertz CT molecular complexity index is 4120. The number of benzene rings is 3. The van der Waals surface area contributed by atoms with E-state index < -0.39 is 249 Å². The second-order valence-electron chi connectivity index (χ2n) is 28.2. The Morgan fingerprint density at radius 1 is 0.491 bits per heavy atom. The van der Waals surface area contributed by atoms with Crippen LogP contribution < -0.4 is 59.3 Å². The number of primary amides is 1. The van der Waals surface area contributed by atoms with Gasteiger partial charge in [0.15, 0.2) is 0 Å². The zero-order valence-electron chi connectivity index (χ0n) is 64.5. The molecule has 16 N–H and O–H groups in total. The Labute approximate surface area is 663 Å². The molecule has 3 rings (SSSR count). The van der Waals surface area contributed by atoms with Crippen LogP contribution in [0.3, 0.4) is 0 Å². The fraction of sp³-hybridized carbons (Fsp3) is 0.586. The van der Waals surface area contributed by atoms with Crippen LogP contribution in [0.1, 0.15) is 105 Å². The van der Waals surface area contributed by atoms with Gasteiger partial charge in [-0.1, -0.05) is 111 Å². The van der Waals surface area contributed by atoms with Gasteiger partial charge < -0.3 is 74.6 Å². The number of carbonyl (C=O) groups is 11. The van der Waals surface area contributed by atoms with Crippen LogP contribution in [0.15, 0.2) is 94.3 Å². The molecule has 0 aliphatic heterocycles. The maximum absolute atomic E-state index is 14.9. The number of nitrogens with zero attached hydrogens (tertiary/aromatic N) is 4. The molecular weight excluding hydrogens is 1610 g/mol. The first-order chi connectivity index (χ1) is 52.1. The Morgan fingerprint density at radius 2 is 0.920 bits per heavy atom. The smallest absolute Gasteiger partial charge is 0.303 e. The molecule has 3 aromatic rings. The van der Waals surface area contributed by atoms with E-state index >= 15 is 0 Å². The van der Waals surface area contributed by atoms with E-state index in [-0.39, 0.29) is 49.5 Å². The van der Waals surface area contributed by atoms with Crippen LogP contribution in [-0.4, -0.2) is 276 Å². The largest absolute Gasteiger partial charge is 0.481 e. The number of carboxylic acids is 1. The van der Waals surface area contributed by atoms with E-state index in [0.29, 0.717) is 34.9 Å². The topological polar surface area (TPSA) is 558 Å². The minimum Gasteiger partial charge on any atom is -0.481 e. The Kier molecular flexibility index (Phi) is 41.0. The fourth-order valence-corrected chi connectivity index (χ4v) is 16.4. The average Bonchev–Trinajstić information content (AvgIpc) is 0.801. The molecule has 0 aliphatic carbocycles. The molecule has 1 unspecified atom stereocenters. The second kappa shape index (κ2) is 46.9. The second-order valence-corrected chi connectivity index (χ2v) is 37.0. The zero-order chi connectivity index (χ0) is 84.6. The molecule has 628 valence electrons. The number of halogens is 1. The van der Waals surface area contributed by atoms with E-state index in [9.17, 15) is 102 Å². The minimum atomic E-state index is -4.80. The molecule has 3 aromatic carbocycles. The molecule has 0 fully saturated rings. The number of unbranched alkanes of at least 4 members (excludes halogenated alkanes) is 1. The predicted molar refractivity (Wildman–Crippen MR) is 418 cm³/mol. The highest BCUT2D eigenvalue weighted by atomic mass is 79.9. The first-order valence-electron chi connectivity index (χ1n) is 36.0. The third-order valence-corrected chi connectivity index (χ3v) is 23.9. The van der Waals surface area contributed by atoms with E-state index in [1.54, 1.807) is 88.4 Å². The molecule has 0 saturated heterocycles. The van der Waals surface area contributed by atoms with Crippen LogP contribution in [-0.2, 0) is 106 Å².